The van der Waals surface area contributed by atoms with Gasteiger partial charge in [-0.25, -0.2) is 9.97 Å². The van der Waals surface area contributed by atoms with Crippen LogP contribution >= 0.6 is 0 Å². The van der Waals surface area contributed by atoms with Crippen LogP contribution in [0.25, 0.3) is 11.4 Å². The van der Waals surface area contributed by atoms with Gasteiger partial charge in [0.05, 0.1) is 5.56 Å². The van der Waals surface area contributed by atoms with Crippen molar-refractivity contribution in [2.24, 2.45) is 0 Å². The molecule has 0 aliphatic carbocycles. The van der Waals surface area contributed by atoms with Crippen molar-refractivity contribution < 1.29 is 13.2 Å². The van der Waals surface area contributed by atoms with Gasteiger partial charge in [-0.3, -0.25) is 0 Å². The molecular weight excluding hydrogens is 317 g/mol. The number of likely N-dealkylation sites (N-methyl/N-ethyl adjacent to an activating group) is 1. The lowest BCUT2D eigenvalue weighted by Crippen LogP contribution is -2.28. The van der Waals surface area contributed by atoms with E-state index in [-0.39, 0.29) is 0 Å². The van der Waals surface area contributed by atoms with Crippen LogP contribution in [0.2, 0.25) is 0 Å². The van der Waals surface area contributed by atoms with E-state index in [0.717, 1.165) is 37.3 Å². The van der Waals surface area contributed by atoms with Gasteiger partial charge in [0.1, 0.15) is 0 Å². The third-order valence-corrected chi connectivity index (χ3v) is 3.71. The van der Waals surface area contributed by atoms with Gasteiger partial charge in [0.2, 0.25) is 0 Å². The molecule has 0 bridgehead atoms. The van der Waals surface area contributed by atoms with Gasteiger partial charge in [-0.1, -0.05) is 19.1 Å². The highest BCUT2D eigenvalue weighted by Crippen LogP contribution is 2.30. The van der Waals surface area contributed by atoms with E-state index < -0.39 is 11.7 Å². The van der Waals surface area contributed by atoms with Crippen LogP contribution in [0.5, 0.6) is 0 Å². The molecule has 1 aromatic carbocycles. The van der Waals surface area contributed by atoms with Crippen molar-refractivity contribution in [3.63, 3.8) is 0 Å². The minimum atomic E-state index is -4.33. The summed E-state index contributed by atoms with van der Waals surface area (Å²) in [6, 6.07) is 4.85. The zero-order valence-corrected chi connectivity index (χ0v) is 13.8. The first kappa shape index (κ1) is 18.4. The Kier molecular flexibility index (Phi) is 6.28. The maximum Gasteiger partial charge on any atom is 0.416 e. The van der Waals surface area contributed by atoms with E-state index in [1.54, 1.807) is 12.4 Å². The number of benzene rings is 1. The van der Waals surface area contributed by atoms with Crippen LogP contribution in [-0.2, 0) is 12.7 Å². The van der Waals surface area contributed by atoms with E-state index in [1.165, 1.54) is 12.1 Å². The normalized spacial score (nSPS) is 11.9. The molecule has 0 aliphatic heterocycles. The molecule has 0 radical (unpaired) electrons. The average molecular weight is 338 g/mol. The lowest BCUT2D eigenvalue weighted by atomic mass is 10.1. The largest absolute Gasteiger partial charge is 0.416 e. The third-order valence-electron chi connectivity index (χ3n) is 3.71. The summed E-state index contributed by atoms with van der Waals surface area (Å²) < 4.78 is 37.7. The van der Waals surface area contributed by atoms with E-state index >= 15 is 0 Å². The minimum absolute atomic E-state index is 0.415. The van der Waals surface area contributed by atoms with Crippen LogP contribution in [-0.4, -0.2) is 41.5 Å². The Morgan fingerprint density at radius 1 is 1.08 bits per heavy atom. The van der Waals surface area contributed by atoms with Crippen LogP contribution in [0.4, 0.5) is 13.2 Å². The molecule has 1 aromatic heterocycles. The molecule has 0 unspecified atom stereocenters. The van der Waals surface area contributed by atoms with Gasteiger partial charge in [0.15, 0.2) is 5.82 Å². The van der Waals surface area contributed by atoms with E-state index in [1.807, 2.05) is 0 Å². The summed E-state index contributed by atoms with van der Waals surface area (Å²) >= 11 is 0. The fraction of sp³-hybridized carbons (Fsp3) is 0.412. The number of aromatic nitrogens is 2. The van der Waals surface area contributed by atoms with Crippen molar-refractivity contribution in [3.8, 4) is 11.4 Å². The van der Waals surface area contributed by atoms with Gasteiger partial charge in [-0.2, -0.15) is 13.2 Å². The maximum atomic E-state index is 12.6. The molecular formula is C17H21F3N4. The zero-order valence-electron chi connectivity index (χ0n) is 13.8. The van der Waals surface area contributed by atoms with Gasteiger partial charge in [0, 0.05) is 43.2 Å². The molecule has 1 N–H and O–H groups in total. The Morgan fingerprint density at radius 2 is 1.71 bits per heavy atom. The standard InChI is InChI=1S/C17H21F3N4/c1-3-24(2)9-8-21-10-13-11-22-16(23-12-13)14-4-6-15(7-5-14)17(18,19)20/h4-7,11-12,21H,3,8-10H2,1-2H3. The van der Waals surface area contributed by atoms with Crippen molar-refractivity contribution >= 4 is 0 Å². The van der Waals surface area contributed by atoms with Crippen LogP contribution in [0.1, 0.15) is 18.1 Å². The molecule has 0 spiro atoms. The van der Waals surface area contributed by atoms with Crippen molar-refractivity contribution in [2.45, 2.75) is 19.6 Å². The predicted octanol–water partition coefficient (Wildman–Crippen LogP) is 3.20. The van der Waals surface area contributed by atoms with E-state index in [4.69, 9.17) is 0 Å². The Bertz CT molecular complexity index is 624. The highest BCUT2D eigenvalue weighted by Gasteiger charge is 2.30. The number of nitrogens with one attached hydrogen (secondary N) is 1. The number of halogens is 3. The molecule has 0 atom stereocenters. The molecule has 24 heavy (non-hydrogen) atoms. The number of rotatable bonds is 7. The Balaban J connectivity index is 1.92. The summed E-state index contributed by atoms with van der Waals surface area (Å²) in [6.45, 7) is 5.59. The summed E-state index contributed by atoms with van der Waals surface area (Å²) in [7, 11) is 2.06. The number of alkyl halides is 3. The van der Waals surface area contributed by atoms with Gasteiger partial charge in [-0.15, -0.1) is 0 Å². The summed E-state index contributed by atoms with van der Waals surface area (Å²) in [4.78, 5) is 10.7. The highest BCUT2D eigenvalue weighted by atomic mass is 19.4. The molecule has 130 valence electrons. The summed E-state index contributed by atoms with van der Waals surface area (Å²) in [5, 5.41) is 3.30. The summed E-state index contributed by atoms with van der Waals surface area (Å²) in [5.74, 6) is 0.415. The van der Waals surface area contributed by atoms with E-state index in [0.29, 0.717) is 17.9 Å². The van der Waals surface area contributed by atoms with Crippen LogP contribution in [0.3, 0.4) is 0 Å². The molecule has 0 saturated carbocycles. The topological polar surface area (TPSA) is 41.0 Å². The molecule has 0 aliphatic rings. The molecule has 1 heterocycles. The number of nitrogens with zero attached hydrogens (tertiary/aromatic N) is 3. The van der Waals surface area contributed by atoms with Gasteiger partial charge in [-0.05, 0) is 25.7 Å². The second kappa shape index (κ2) is 8.21. The third kappa shape index (κ3) is 5.28. The van der Waals surface area contributed by atoms with Crippen LogP contribution in [0.15, 0.2) is 36.7 Å². The van der Waals surface area contributed by atoms with Gasteiger partial charge in [0.25, 0.3) is 0 Å². The second-order valence-electron chi connectivity index (χ2n) is 5.56. The minimum Gasteiger partial charge on any atom is -0.311 e. The Labute approximate surface area is 139 Å². The number of hydrogen-bond donors (Lipinski definition) is 1. The van der Waals surface area contributed by atoms with Crippen LogP contribution in [0, 0.1) is 0 Å². The fourth-order valence-corrected chi connectivity index (χ4v) is 2.06. The van der Waals surface area contributed by atoms with Gasteiger partial charge < -0.3 is 10.2 Å². The zero-order chi connectivity index (χ0) is 17.6. The lowest BCUT2D eigenvalue weighted by molar-refractivity contribution is -0.137. The highest BCUT2D eigenvalue weighted by molar-refractivity contribution is 5.55. The molecule has 0 amide bonds. The summed E-state index contributed by atoms with van der Waals surface area (Å²) in [5.41, 5.74) is 0.820. The molecule has 4 nitrogen and oxygen atoms in total. The monoisotopic (exact) mass is 338 g/mol. The quantitative estimate of drug-likeness (QED) is 0.787. The maximum absolute atomic E-state index is 12.6. The van der Waals surface area contributed by atoms with E-state index in [9.17, 15) is 13.2 Å². The fourth-order valence-electron chi connectivity index (χ4n) is 2.06. The molecule has 0 saturated heterocycles. The second-order valence-corrected chi connectivity index (χ2v) is 5.56. The predicted molar refractivity (Wildman–Crippen MR) is 87.3 cm³/mol. The first-order valence-corrected chi connectivity index (χ1v) is 7.78. The average Bonchev–Trinajstić information content (AvgIpc) is 2.58. The molecule has 2 rings (SSSR count). The van der Waals surface area contributed by atoms with Crippen molar-refractivity contribution in [2.75, 3.05) is 26.7 Å². The Hall–Kier alpha value is -1.99. The smallest absolute Gasteiger partial charge is 0.311 e. The molecule has 7 heteroatoms. The SMILES string of the molecule is CCN(C)CCNCc1cnc(-c2ccc(C(F)(F)F)cc2)nc1. The van der Waals surface area contributed by atoms with Crippen LogP contribution < -0.4 is 5.32 Å². The van der Waals surface area contributed by atoms with E-state index in [2.05, 4.69) is 34.2 Å². The first-order valence-electron chi connectivity index (χ1n) is 7.78. The van der Waals surface area contributed by atoms with Crippen molar-refractivity contribution in [1.29, 1.82) is 0 Å². The van der Waals surface area contributed by atoms with Crippen molar-refractivity contribution in [3.05, 3.63) is 47.8 Å². The summed E-state index contributed by atoms with van der Waals surface area (Å²) in [6.07, 6.45) is -0.951. The molecule has 0 fully saturated rings. The number of hydrogen-bond acceptors (Lipinski definition) is 4. The van der Waals surface area contributed by atoms with Crippen molar-refractivity contribution in [1.82, 2.24) is 20.2 Å². The van der Waals surface area contributed by atoms with Gasteiger partial charge >= 0.3 is 6.18 Å². The first-order chi connectivity index (χ1) is 11.4. The lowest BCUT2D eigenvalue weighted by Gasteiger charge is -2.13. The Morgan fingerprint density at radius 3 is 2.25 bits per heavy atom. The molecule has 2 aromatic rings.